The predicted octanol–water partition coefficient (Wildman–Crippen LogP) is 7.60. The molecule has 0 aromatic heterocycles. The van der Waals surface area contributed by atoms with Crippen LogP contribution in [0, 0.1) is 23.2 Å². The smallest absolute Gasteiger partial charge is 0.127 e. The molecule has 3 N–H and O–H groups in total. The Morgan fingerprint density at radius 3 is 2.25 bits per heavy atom. The number of allylic oxidation sites excluding steroid dienone is 4. The summed E-state index contributed by atoms with van der Waals surface area (Å²) in [4.78, 5) is 0. The van der Waals surface area contributed by atoms with Crippen LogP contribution in [-0.4, -0.2) is 38.8 Å². The van der Waals surface area contributed by atoms with Gasteiger partial charge in [0.15, 0.2) is 0 Å². The lowest BCUT2D eigenvalue weighted by molar-refractivity contribution is 0.0480. The molecule has 5 atom stereocenters. The Morgan fingerprint density at radius 2 is 1.67 bits per heavy atom. The lowest BCUT2D eigenvalue weighted by atomic mass is 9.60. The highest BCUT2D eigenvalue weighted by atomic mass is 19.1. The summed E-state index contributed by atoms with van der Waals surface area (Å²) in [6, 6.07) is 0. The molecule has 0 heterocycles. The van der Waals surface area contributed by atoms with E-state index >= 15 is 0 Å². The zero-order chi connectivity index (χ0) is 26.7. The fraction of sp³-hybridized carbons (Fsp3) is 0.812. The second-order valence-corrected chi connectivity index (χ2v) is 13.8. The summed E-state index contributed by atoms with van der Waals surface area (Å²) in [5.41, 5.74) is 1.92. The van der Waals surface area contributed by atoms with Gasteiger partial charge in [-0.05, 0) is 113 Å². The van der Waals surface area contributed by atoms with Gasteiger partial charge in [0.2, 0.25) is 0 Å². The van der Waals surface area contributed by atoms with Crippen molar-refractivity contribution in [2.75, 3.05) is 0 Å². The van der Waals surface area contributed by atoms with Gasteiger partial charge in [-0.25, -0.2) is 4.39 Å². The van der Waals surface area contributed by atoms with Gasteiger partial charge in [0.25, 0.3) is 0 Å². The molecule has 36 heavy (non-hydrogen) atoms. The van der Waals surface area contributed by atoms with Crippen LogP contribution in [0.5, 0.6) is 0 Å². The minimum atomic E-state index is -1.14. The van der Waals surface area contributed by atoms with Crippen LogP contribution in [0.1, 0.15) is 118 Å². The van der Waals surface area contributed by atoms with Crippen molar-refractivity contribution in [1.29, 1.82) is 0 Å². The average molecular weight is 505 g/mol. The van der Waals surface area contributed by atoms with Gasteiger partial charge in [0.1, 0.15) is 6.17 Å². The molecule has 0 aromatic rings. The van der Waals surface area contributed by atoms with E-state index in [1.54, 1.807) is 0 Å². The van der Waals surface area contributed by atoms with Crippen molar-refractivity contribution >= 4 is 0 Å². The molecular weight excluding hydrogens is 451 g/mol. The Morgan fingerprint density at radius 1 is 1.06 bits per heavy atom. The monoisotopic (exact) mass is 504 g/mol. The molecule has 1 unspecified atom stereocenters. The zero-order valence-electron chi connectivity index (χ0n) is 23.7. The molecule has 0 bridgehead atoms. The minimum Gasteiger partial charge on any atom is -0.393 e. The van der Waals surface area contributed by atoms with Gasteiger partial charge in [0, 0.05) is 6.42 Å². The maximum Gasteiger partial charge on any atom is 0.127 e. The van der Waals surface area contributed by atoms with E-state index in [1.165, 1.54) is 31.3 Å². The standard InChI is InChI=1S/C32H53FO3/c1-22-25(20-26(34)21-29(22)33)14-13-24-12-9-19-32(6)27(15-16-28(24)32)23(10-7-17-30(2,3)35)11-8-18-31(4,5)36/h13-14,23,26-29,34-36H,1,7-12,15-21H2,2-6H3/b24-13+,25-14-/t26-,27-,28?,29+,32-/m1/s1. The second kappa shape index (κ2) is 11.8. The maximum atomic E-state index is 14.3. The van der Waals surface area contributed by atoms with Crippen LogP contribution in [0.4, 0.5) is 4.39 Å². The Labute approximate surface area is 220 Å². The van der Waals surface area contributed by atoms with Gasteiger partial charge in [-0.15, -0.1) is 0 Å². The Kier molecular flexibility index (Phi) is 9.72. The topological polar surface area (TPSA) is 60.7 Å². The maximum absolute atomic E-state index is 14.3. The van der Waals surface area contributed by atoms with Crippen LogP contribution in [0.2, 0.25) is 0 Å². The van der Waals surface area contributed by atoms with E-state index in [0.29, 0.717) is 29.7 Å². The Bertz CT molecular complexity index is 794. The molecule has 0 aliphatic heterocycles. The third kappa shape index (κ3) is 7.77. The summed E-state index contributed by atoms with van der Waals surface area (Å²) < 4.78 is 14.3. The first-order valence-corrected chi connectivity index (χ1v) is 14.6. The molecule has 3 rings (SSSR count). The molecular formula is C32H53FO3. The van der Waals surface area contributed by atoms with Gasteiger partial charge in [-0.2, -0.15) is 0 Å². The number of fused-ring (bicyclic) bond motifs is 1. The highest BCUT2D eigenvalue weighted by Crippen LogP contribution is 2.60. The van der Waals surface area contributed by atoms with Crippen molar-refractivity contribution in [2.24, 2.45) is 23.2 Å². The van der Waals surface area contributed by atoms with E-state index in [2.05, 4.69) is 25.7 Å². The van der Waals surface area contributed by atoms with E-state index in [1.807, 2.05) is 27.7 Å². The number of halogens is 1. The van der Waals surface area contributed by atoms with E-state index in [0.717, 1.165) is 50.5 Å². The molecule has 0 aromatic carbocycles. The van der Waals surface area contributed by atoms with Gasteiger partial charge < -0.3 is 15.3 Å². The van der Waals surface area contributed by atoms with Gasteiger partial charge in [-0.3, -0.25) is 0 Å². The fourth-order valence-corrected chi connectivity index (χ4v) is 7.63. The number of aliphatic hydroxyl groups excluding tert-OH is 1. The van der Waals surface area contributed by atoms with Crippen molar-refractivity contribution < 1.29 is 19.7 Å². The number of hydrogen-bond acceptors (Lipinski definition) is 3. The van der Waals surface area contributed by atoms with Crippen LogP contribution in [0.3, 0.4) is 0 Å². The van der Waals surface area contributed by atoms with E-state index in [9.17, 15) is 19.7 Å². The van der Waals surface area contributed by atoms with Gasteiger partial charge in [0.05, 0.1) is 17.3 Å². The number of hydrogen-bond donors (Lipinski definition) is 3. The minimum absolute atomic E-state index is 0.164. The summed E-state index contributed by atoms with van der Waals surface area (Å²) >= 11 is 0. The first-order valence-electron chi connectivity index (χ1n) is 14.6. The molecule has 0 radical (unpaired) electrons. The van der Waals surface area contributed by atoms with Crippen molar-refractivity contribution in [3.8, 4) is 0 Å². The Balaban J connectivity index is 1.77. The van der Waals surface area contributed by atoms with Crippen molar-refractivity contribution in [3.63, 3.8) is 0 Å². The number of aliphatic hydroxyl groups is 3. The van der Waals surface area contributed by atoms with E-state index in [4.69, 9.17) is 0 Å². The molecule has 3 fully saturated rings. The van der Waals surface area contributed by atoms with Gasteiger partial charge in [-0.1, -0.05) is 56.9 Å². The van der Waals surface area contributed by atoms with E-state index in [-0.39, 0.29) is 11.8 Å². The van der Waals surface area contributed by atoms with Crippen LogP contribution >= 0.6 is 0 Å². The molecule has 0 spiro atoms. The van der Waals surface area contributed by atoms with Crippen LogP contribution < -0.4 is 0 Å². The highest BCUT2D eigenvalue weighted by Gasteiger charge is 2.51. The molecule has 3 aliphatic rings. The fourth-order valence-electron chi connectivity index (χ4n) is 7.63. The molecule has 4 heteroatoms. The van der Waals surface area contributed by atoms with Crippen LogP contribution in [0.25, 0.3) is 0 Å². The quantitative estimate of drug-likeness (QED) is 0.287. The predicted molar refractivity (Wildman–Crippen MR) is 147 cm³/mol. The third-order valence-electron chi connectivity index (χ3n) is 9.56. The summed E-state index contributed by atoms with van der Waals surface area (Å²) in [7, 11) is 0. The lowest BCUT2D eigenvalue weighted by Gasteiger charge is -2.45. The normalized spacial score (nSPS) is 34.1. The molecule has 3 nitrogen and oxygen atoms in total. The summed E-state index contributed by atoms with van der Waals surface area (Å²) in [6.07, 6.45) is 15.2. The van der Waals surface area contributed by atoms with Crippen LogP contribution in [0.15, 0.2) is 35.5 Å². The first-order chi connectivity index (χ1) is 16.7. The zero-order valence-corrected chi connectivity index (χ0v) is 23.7. The largest absolute Gasteiger partial charge is 0.393 e. The SMILES string of the molecule is C=C1/C(=C\C=C2/CCC[C@@]3(C)C2CC[C@@H]3C(CCCC(C)(C)O)CCCC(C)(C)O)C[C@@H](O)C[C@@H]1F. The summed E-state index contributed by atoms with van der Waals surface area (Å²) in [5, 5.41) is 30.6. The van der Waals surface area contributed by atoms with Crippen molar-refractivity contribution in [3.05, 3.63) is 35.5 Å². The van der Waals surface area contributed by atoms with E-state index < -0.39 is 23.5 Å². The molecule has 0 amide bonds. The summed E-state index contributed by atoms with van der Waals surface area (Å²) in [5.74, 6) is 1.83. The molecule has 206 valence electrons. The van der Waals surface area contributed by atoms with Crippen molar-refractivity contribution in [1.82, 2.24) is 0 Å². The third-order valence-corrected chi connectivity index (χ3v) is 9.56. The van der Waals surface area contributed by atoms with Crippen molar-refractivity contribution in [2.45, 2.75) is 142 Å². The number of rotatable bonds is 10. The average Bonchev–Trinajstić information content (AvgIpc) is 3.10. The summed E-state index contributed by atoms with van der Waals surface area (Å²) in [6.45, 7) is 14.1. The molecule has 3 saturated carbocycles. The Hall–Kier alpha value is -0.970. The second-order valence-electron chi connectivity index (χ2n) is 13.8. The van der Waals surface area contributed by atoms with Gasteiger partial charge >= 0.3 is 0 Å². The number of alkyl halides is 1. The molecule has 0 saturated heterocycles. The lowest BCUT2D eigenvalue weighted by Crippen LogP contribution is -2.37. The highest BCUT2D eigenvalue weighted by molar-refractivity contribution is 5.38. The molecule has 3 aliphatic carbocycles. The van der Waals surface area contributed by atoms with Crippen LogP contribution in [-0.2, 0) is 0 Å². The first kappa shape index (κ1) is 29.6.